The number of benzene rings is 2. The second-order valence-corrected chi connectivity index (χ2v) is 7.60. The maximum absolute atomic E-state index is 13.8. The van der Waals surface area contributed by atoms with Gasteiger partial charge in [0.1, 0.15) is 5.82 Å². The highest BCUT2D eigenvalue weighted by molar-refractivity contribution is 5.94. The molecule has 1 aromatic heterocycles. The summed E-state index contributed by atoms with van der Waals surface area (Å²) in [6.07, 6.45) is -3.33. The lowest BCUT2D eigenvalue weighted by Crippen LogP contribution is -2.37. The number of aromatic nitrogens is 2. The van der Waals surface area contributed by atoms with Crippen molar-refractivity contribution in [2.75, 3.05) is 19.6 Å². The Morgan fingerprint density at radius 1 is 1.16 bits per heavy atom. The number of amides is 1. The maximum atomic E-state index is 13.8. The molecule has 1 unspecified atom stereocenters. The molecule has 0 saturated carbocycles. The topological polar surface area (TPSA) is 71.3 Å². The zero-order valence-corrected chi connectivity index (χ0v) is 16.9. The van der Waals surface area contributed by atoms with E-state index in [1.54, 1.807) is 12.1 Å². The van der Waals surface area contributed by atoms with Crippen LogP contribution in [0, 0.1) is 5.82 Å². The minimum absolute atomic E-state index is 0.0330. The van der Waals surface area contributed by atoms with Crippen LogP contribution in [0.4, 0.5) is 17.6 Å². The van der Waals surface area contributed by atoms with Crippen LogP contribution in [0.15, 0.2) is 53.1 Å². The summed E-state index contributed by atoms with van der Waals surface area (Å²) in [5.74, 6) is -2.11. The summed E-state index contributed by atoms with van der Waals surface area (Å²) in [5, 5.41) is 6.29. The second-order valence-electron chi connectivity index (χ2n) is 7.60. The average molecular weight is 448 g/mol. The molecule has 1 aliphatic heterocycles. The molecule has 4 rings (SSSR count). The summed E-state index contributed by atoms with van der Waals surface area (Å²) in [4.78, 5) is 18.0. The quantitative estimate of drug-likeness (QED) is 0.579. The van der Waals surface area contributed by atoms with Crippen molar-refractivity contribution in [1.82, 2.24) is 20.4 Å². The lowest BCUT2D eigenvalue weighted by molar-refractivity contribution is -0.159. The van der Waals surface area contributed by atoms with Gasteiger partial charge in [-0.05, 0) is 36.6 Å². The number of nitrogens with zero attached hydrogens (tertiary/aromatic N) is 3. The Bertz CT molecular complexity index is 1080. The van der Waals surface area contributed by atoms with Gasteiger partial charge in [-0.2, -0.15) is 18.2 Å². The summed E-state index contributed by atoms with van der Waals surface area (Å²) in [7, 11) is 0. The zero-order valence-electron chi connectivity index (χ0n) is 16.9. The Kier molecular flexibility index (Phi) is 6.22. The molecule has 1 N–H and O–H groups in total. The molecule has 1 atom stereocenters. The minimum atomic E-state index is -4.71. The van der Waals surface area contributed by atoms with E-state index in [4.69, 9.17) is 0 Å². The van der Waals surface area contributed by atoms with Crippen molar-refractivity contribution in [2.24, 2.45) is 0 Å². The van der Waals surface area contributed by atoms with Crippen LogP contribution in [0.25, 0.3) is 11.4 Å². The number of hydrogen-bond donors (Lipinski definition) is 1. The van der Waals surface area contributed by atoms with Crippen molar-refractivity contribution in [3.8, 4) is 11.4 Å². The molecule has 1 saturated heterocycles. The molecule has 6 nitrogen and oxygen atoms in total. The Morgan fingerprint density at radius 3 is 2.59 bits per heavy atom. The number of carbonyl (C=O) groups is 1. The van der Waals surface area contributed by atoms with Gasteiger partial charge in [0.15, 0.2) is 0 Å². The van der Waals surface area contributed by atoms with Crippen LogP contribution in [0.3, 0.4) is 0 Å². The molecule has 10 heteroatoms. The molecule has 0 spiro atoms. The van der Waals surface area contributed by atoms with Crippen molar-refractivity contribution < 1.29 is 26.9 Å². The Morgan fingerprint density at radius 2 is 1.91 bits per heavy atom. The molecule has 0 bridgehead atoms. The van der Waals surface area contributed by atoms with E-state index in [9.17, 15) is 22.4 Å². The lowest BCUT2D eigenvalue weighted by atomic mass is 10.1. The number of rotatable bonds is 6. The molecular weight excluding hydrogens is 428 g/mol. The lowest BCUT2D eigenvalue weighted by Gasteiger charge is -2.17. The number of hydrogen-bond acceptors (Lipinski definition) is 5. The number of nitrogens with one attached hydrogen (secondary N) is 1. The number of likely N-dealkylation sites (tertiary alicyclic amines) is 1. The van der Waals surface area contributed by atoms with E-state index in [0.29, 0.717) is 36.2 Å². The fourth-order valence-corrected chi connectivity index (χ4v) is 3.63. The molecule has 2 heterocycles. The second kappa shape index (κ2) is 9.07. The van der Waals surface area contributed by atoms with Gasteiger partial charge in [-0.1, -0.05) is 35.5 Å². The van der Waals surface area contributed by atoms with Crippen molar-refractivity contribution >= 4 is 5.91 Å². The first-order valence-electron chi connectivity index (χ1n) is 10.1. The molecule has 32 heavy (non-hydrogen) atoms. The first-order chi connectivity index (χ1) is 15.3. The molecular formula is C22H20F4N4O2. The highest BCUT2D eigenvalue weighted by Crippen LogP contribution is 2.29. The Hall–Kier alpha value is -3.27. The van der Waals surface area contributed by atoms with E-state index in [2.05, 4.69) is 24.9 Å². The monoisotopic (exact) mass is 448 g/mol. The molecule has 1 amide bonds. The molecule has 0 radical (unpaired) electrons. The maximum Gasteiger partial charge on any atom is 0.471 e. The predicted octanol–water partition coefficient (Wildman–Crippen LogP) is 3.94. The summed E-state index contributed by atoms with van der Waals surface area (Å²) in [5.41, 5.74) is 1.35. The molecule has 3 aromatic rings. The third-order valence-corrected chi connectivity index (χ3v) is 5.34. The fourth-order valence-electron chi connectivity index (χ4n) is 3.63. The largest absolute Gasteiger partial charge is 0.471 e. The third-order valence-electron chi connectivity index (χ3n) is 5.34. The van der Waals surface area contributed by atoms with Crippen molar-refractivity contribution in [2.45, 2.75) is 25.1 Å². The van der Waals surface area contributed by atoms with Crippen molar-refractivity contribution in [3.63, 3.8) is 0 Å². The standard InChI is InChI=1S/C22H20F4N4O2/c23-18-4-2-1-3-14(18)9-11-30-12-10-17(13-30)27-20(31)16-7-5-15(6-8-16)19-28-21(32-29-19)22(24,25)26/h1-8,17H,9-13H2,(H,27,31). The SMILES string of the molecule is O=C(NC1CCN(CCc2ccccc2F)C1)c1ccc(-c2noc(C(F)(F)F)n2)cc1. The zero-order chi connectivity index (χ0) is 22.7. The first kappa shape index (κ1) is 21.9. The highest BCUT2D eigenvalue weighted by atomic mass is 19.4. The van der Waals surface area contributed by atoms with Gasteiger partial charge in [0.05, 0.1) is 0 Å². The molecule has 2 aromatic carbocycles. The normalized spacial score (nSPS) is 16.9. The van der Waals surface area contributed by atoms with Crippen LogP contribution in [0.1, 0.15) is 28.2 Å². The summed E-state index contributed by atoms with van der Waals surface area (Å²) >= 11 is 0. The average Bonchev–Trinajstić information content (AvgIpc) is 3.43. The van der Waals surface area contributed by atoms with Gasteiger partial charge in [-0.25, -0.2) is 4.39 Å². The van der Waals surface area contributed by atoms with E-state index < -0.39 is 12.1 Å². The van der Waals surface area contributed by atoms with Gasteiger partial charge in [0.25, 0.3) is 5.91 Å². The molecule has 0 aliphatic carbocycles. The predicted molar refractivity (Wildman–Crippen MR) is 107 cm³/mol. The van der Waals surface area contributed by atoms with Crippen LogP contribution in [0.2, 0.25) is 0 Å². The molecule has 1 aliphatic rings. The number of halogens is 4. The van der Waals surface area contributed by atoms with E-state index in [1.165, 1.54) is 30.3 Å². The Balaban J connectivity index is 1.29. The minimum Gasteiger partial charge on any atom is -0.348 e. The van der Waals surface area contributed by atoms with Crippen LogP contribution in [-0.4, -0.2) is 46.6 Å². The first-order valence-corrected chi connectivity index (χ1v) is 10.1. The Labute approximate surface area is 181 Å². The van der Waals surface area contributed by atoms with Gasteiger partial charge in [0, 0.05) is 36.8 Å². The van der Waals surface area contributed by atoms with E-state index in [-0.39, 0.29) is 23.6 Å². The van der Waals surface area contributed by atoms with E-state index >= 15 is 0 Å². The number of carbonyl (C=O) groups excluding carboxylic acids is 1. The van der Waals surface area contributed by atoms with Crippen LogP contribution < -0.4 is 5.32 Å². The highest BCUT2D eigenvalue weighted by Gasteiger charge is 2.38. The van der Waals surface area contributed by atoms with Gasteiger partial charge in [-0.15, -0.1) is 0 Å². The fraction of sp³-hybridized carbons (Fsp3) is 0.318. The van der Waals surface area contributed by atoms with Crippen LogP contribution >= 0.6 is 0 Å². The van der Waals surface area contributed by atoms with Gasteiger partial charge < -0.3 is 14.7 Å². The van der Waals surface area contributed by atoms with Gasteiger partial charge in [-0.3, -0.25) is 4.79 Å². The molecule has 1 fully saturated rings. The van der Waals surface area contributed by atoms with Gasteiger partial charge >= 0.3 is 12.1 Å². The van der Waals surface area contributed by atoms with Crippen molar-refractivity contribution in [3.05, 3.63) is 71.4 Å². The summed E-state index contributed by atoms with van der Waals surface area (Å²) < 4.78 is 55.7. The van der Waals surface area contributed by atoms with Gasteiger partial charge in [0.2, 0.25) is 5.82 Å². The molecule has 168 valence electrons. The van der Waals surface area contributed by atoms with E-state index in [1.807, 2.05) is 6.07 Å². The van der Waals surface area contributed by atoms with Crippen LogP contribution in [0.5, 0.6) is 0 Å². The van der Waals surface area contributed by atoms with Crippen LogP contribution in [-0.2, 0) is 12.6 Å². The van der Waals surface area contributed by atoms with Crippen molar-refractivity contribution in [1.29, 1.82) is 0 Å². The summed E-state index contributed by atoms with van der Waals surface area (Å²) in [6.45, 7) is 2.17. The number of alkyl halides is 3. The third kappa shape index (κ3) is 5.13. The van der Waals surface area contributed by atoms with E-state index in [0.717, 1.165) is 13.0 Å². The summed E-state index contributed by atoms with van der Waals surface area (Å²) in [6, 6.07) is 12.6. The smallest absolute Gasteiger partial charge is 0.348 e.